The average Bonchev–Trinajstić information content (AvgIpc) is 2.97. The van der Waals surface area contributed by atoms with E-state index in [2.05, 4.69) is 22.4 Å². The van der Waals surface area contributed by atoms with Crippen molar-refractivity contribution in [2.24, 2.45) is 7.05 Å². The first-order valence-corrected chi connectivity index (χ1v) is 8.10. The maximum absolute atomic E-state index is 13.0. The highest BCUT2D eigenvalue weighted by Gasteiger charge is 2.36. The standard InChI is InChI=1S/C18H24N4O/c1-21-13-6-5-7-14(21)11-12(10-13)19-18(23)17-15-8-3-4-9-16(15)22(2)20-17/h3-4,8-9,12-14H,5-7,10-11H2,1-2H3,(H,19,23)/t13-,14-/m1/s1/i3D,4D,8D,9D,12D. The molecule has 2 fully saturated rings. The minimum absolute atomic E-state index is 0.0554. The van der Waals surface area contributed by atoms with Gasteiger partial charge in [-0.3, -0.25) is 9.48 Å². The summed E-state index contributed by atoms with van der Waals surface area (Å²) in [6.45, 7) is 0. The van der Waals surface area contributed by atoms with Crippen LogP contribution < -0.4 is 5.32 Å². The zero-order valence-corrected chi connectivity index (χ0v) is 13.4. The van der Waals surface area contributed by atoms with Gasteiger partial charge in [0.1, 0.15) is 0 Å². The zero-order chi connectivity index (χ0) is 20.4. The van der Waals surface area contributed by atoms with Gasteiger partial charge < -0.3 is 10.2 Å². The summed E-state index contributed by atoms with van der Waals surface area (Å²) in [5.41, 5.74) is 0.135. The van der Waals surface area contributed by atoms with Gasteiger partial charge in [-0.15, -0.1) is 0 Å². The van der Waals surface area contributed by atoms with Gasteiger partial charge in [0, 0.05) is 30.5 Å². The number of carbonyl (C=O) groups excluding carboxylic acids is 1. The summed E-state index contributed by atoms with van der Waals surface area (Å²) in [7, 11) is 3.63. The number of hydrogen-bond acceptors (Lipinski definition) is 3. The van der Waals surface area contributed by atoms with Crippen LogP contribution >= 0.6 is 0 Å². The lowest BCUT2D eigenvalue weighted by atomic mass is 9.82. The summed E-state index contributed by atoms with van der Waals surface area (Å²) in [4.78, 5) is 15.3. The monoisotopic (exact) mass is 317 g/mol. The number of rotatable bonds is 2. The molecule has 0 aliphatic carbocycles. The molecule has 1 N–H and O–H groups in total. The third kappa shape index (κ3) is 2.53. The largest absolute Gasteiger partial charge is 0.348 e. The van der Waals surface area contributed by atoms with Crippen LogP contribution in [0.1, 0.15) is 49.4 Å². The molecule has 0 saturated carbocycles. The molecule has 122 valence electrons. The molecule has 5 heteroatoms. The summed E-state index contributed by atoms with van der Waals surface area (Å²) in [6, 6.07) is -1.82. The lowest BCUT2D eigenvalue weighted by Crippen LogP contribution is -2.55. The number of aromatic nitrogens is 2. The summed E-state index contributed by atoms with van der Waals surface area (Å²) in [6.07, 6.45) is 4.25. The molecule has 1 aromatic carbocycles. The molecule has 0 radical (unpaired) electrons. The highest BCUT2D eigenvalue weighted by Crippen LogP contribution is 2.32. The molecule has 5 nitrogen and oxygen atoms in total. The molecule has 2 aliphatic heterocycles. The van der Waals surface area contributed by atoms with Gasteiger partial charge in [0.05, 0.1) is 12.4 Å². The number of carbonyl (C=O) groups is 1. The number of nitrogens with one attached hydrogen (secondary N) is 1. The van der Waals surface area contributed by atoms with E-state index in [0.29, 0.717) is 12.8 Å². The van der Waals surface area contributed by atoms with E-state index in [4.69, 9.17) is 6.85 Å². The molecular weight excluding hydrogens is 288 g/mol. The minimum Gasteiger partial charge on any atom is -0.348 e. The minimum atomic E-state index is -1.10. The second-order valence-corrected chi connectivity index (χ2v) is 6.57. The Labute approximate surface area is 143 Å². The van der Waals surface area contributed by atoms with E-state index < -0.39 is 18.0 Å². The van der Waals surface area contributed by atoms with Crippen LogP contribution in [0.3, 0.4) is 0 Å². The van der Waals surface area contributed by atoms with Gasteiger partial charge in [-0.2, -0.15) is 5.10 Å². The Hall–Kier alpha value is -1.88. The van der Waals surface area contributed by atoms with Gasteiger partial charge >= 0.3 is 0 Å². The van der Waals surface area contributed by atoms with Crippen molar-refractivity contribution in [2.45, 2.75) is 50.2 Å². The number of para-hydroxylation sites is 1. The Morgan fingerprint density at radius 3 is 2.74 bits per heavy atom. The van der Waals surface area contributed by atoms with Crippen molar-refractivity contribution < 1.29 is 11.6 Å². The van der Waals surface area contributed by atoms with Crippen molar-refractivity contribution >= 4 is 16.8 Å². The van der Waals surface area contributed by atoms with Gasteiger partial charge in [-0.25, -0.2) is 0 Å². The zero-order valence-electron chi connectivity index (χ0n) is 18.4. The van der Waals surface area contributed by atoms with Crippen molar-refractivity contribution in [3.05, 3.63) is 29.9 Å². The van der Waals surface area contributed by atoms with E-state index in [0.717, 1.165) is 19.3 Å². The van der Waals surface area contributed by atoms with Crippen LogP contribution in [0, 0.1) is 0 Å². The second kappa shape index (κ2) is 5.64. The molecule has 1 aromatic heterocycles. The van der Waals surface area contributed by atoms with Gasteiger partial charge in [0.25, 0.3) is 5.91 Å². The summed E-state index contributed by atoms with van der Waals surface area (Å²) in [5, 5.41) is 7.10. The molecule has 2 aromatic rings. The smallest absolute Gasteiger partial charge is 0.272 e. The van der Waals surface area contributed by atoms with Crippen LogP contribution in [-0.4, -0.2) is 45.7 Å². The molecule has 2 saturated heterocycles. The quantitative estimate of drug-likeness (QED) is 0.925. The second-order valence-electron chi connectivity index (χ2n) is 6.57. The van der Waals surface area contributed by atoms with Crippen LogP contribution in [0.4, 0.5) is 0 Å². The van der Waals surface area contributed by atoms with Crippen LogP contribution in [0.2, 0.25) is 0 Å². The topological polar surface area (TPSA) is 50.2 Å². The molecule has 2 aliphatic rings. The maximum atomic E-state index is 13.0. The Morgan fingerprint density at radius 2 is 2.00 bits per heavy atom. The van der Waals surface area contributed by atoms with Crippen LogP contribution in [-0.2, 0) is 7.05 Å². The number of aryl methyl sites for hydroxylation is 1. The van der Waals surface area contributed by atoms with E-state index in [1.807, 2.05) is 0 Å². The first-order chi connectivity index (χ1) is 13.1. The fraction of sp³-hybridized carbons (Fsp3) is 0.556. The van der Waals surface area contributed by atoms with Crippen molar-refractivity contribution in [3.8, 4) is 0 Å². The number of fused-ring (bicyclic) bond motifs is 3. The molecule has 3 heterocycles. The van der Waals surface area contributed by atoms with E-state index >= 15 is 0 Å². The predicted octanol–water partition coefficient (Wildman–Crippen LogP) is 2.32. The summed E-state index contributed by atoms with van der Waals surface area (Å²) in [5.74, 6) is -0.562. The highest BCUT2D eigenvalue weighted by atomic mass is 16.2. The van der Waals surface area contributed by atoms with Gasteiger partial charge in [-0.05, 0) is 38.8 Å². The van der Waals surface area contributed by atoms with Crippen LogP contribution in [0.15, 0.2) is 24.2 Å². The molecule has 2 bridgehead atoms. The molecule has 4 rings (SSSR count). The molecular formula is C18H24N4O. The fourth-order valence-corrected chi connectivity index (χ4v) is 3.89. The van der Waals surface area contributed by atoms with E-state index in [1.165, 1.54) is 4.68 Å². The number of benzene rings is 1. The molecule has 2 atom stereocenters. The number of piperidine rings is 2. The van der Waals surface area contributed by atoms with Crippen LogP contribution in [0.5, 0.6) is 0 Å². The van der Waals surface area contributed by atoms with Gasteiger partial charge in [0.2, 0.25) is 0 Å². The first kappa shape index (κ1) is 10.1. The first-order valence-electron chi connectivity index (χ1n) is 10.6. The van der Waals surface area contributed by atoms with Crippen molar-refractivity contribution in [2.75, 3.05) is 7.05 Å². The Morgan fingerprint density at radius 1 is 1.30 bits per heavy atom. The molecule has 0 unspecified atom stereocenters. The summed E-state index contributed by atoms with van der Waals surface area (Å²) < 4.78 is 42.2. The predicted molar refractivity (Wildman–Crippen MR) is 90.4 cm³/mol. The maximum Gasteiger partial charge on any atom is 0.272 e. The Balaban J connectivity index is 1.70. The Kier molecular flexibility index (Phi) is 2.47. The third-order valence-corrected chi connectivity index (χ3v) is 5.17. The van der Waals surface area contributed by atoms with Gasteiger partial charge in [0.15, 0.2) is 5.69 Å². The normalized spacial score (nSPS) is 34.3. The van der Waals surface area contributed by atoms with Gasteiger partial charge in [-0.1, -0.05) is 24.5 Å². The average molecular weight is 317 g/mol. The molecule has 0 spiro atoms. The number of amides is 1. The van der Waals surface area contributed by atoms with Crippen molar-refractivity contribution in [1.29, 1.82) is 0 Å². The highest BCUT2D eigenvalue weighted by molar-refractivity contribution is 6.04. The van der Waals surface area contributed by atoms with E-state index in [9.17, 15) is 4.79 Å². The van der Waals surface area contributed by atoms with Crippen LogP contribution in [0.25, 0.3) is 10.9 Å². The SMILES string of the molecule is [2H]c1c([2H])c([2H])c2c(c(C(=O)NC3([2H])C[C@H]4CCC[C@H](C3)N4C)nn2C)c1[2H]. The lowest BCUT2D eigenvalue weighted by molar-refractivity contribution is 0.0462. The van der Waals surface area contributed by atoms with E-state index in [1.54, 1.807) is 7.05 Å². The Bertz CT molecular complexity index is 961. The van der Waals surface area contributed by atoms with E-state index in [-0.39, 0.29) is 46.8 Å². The number of hydrogen-bond donors (Lipinski definition) is 1. The third-order valence-electron chi connectivity index (χ3n) is 5.17. The van der Waals surface area contributed by atoms with Crippen molar-refractivity contribution in [3.63, 3.8) is 0 Å². The number of nitrogens with zero attached hydrogens (tertiary/aromatic N) is 3. The molecule has 1 amide bonds. The van der Waals surface area contributed by atoms with Crippen molar-refractivity contribution in [1.82, 2.24) is 20.0 Å². The fourth-order valence-electron chi connectivity index (χ4n) is 3.89. The molecule has 23 heavy (non-hydrogen) atoms. The lowest BCUT2D eigenvalue weighted by Gasteiger charge is -2.47. The summed E-state index contributed by atoms with van der Waals surface area (Å²) >= 11 is 0.